The van der Waals surface area contributed by atoms with E-state index in [4.69, 9.17) is 0 Å². The second-order valence-corrected chi connectivity index (χ2v) is 6.96. The summed E-state index contributed by atoms with van der Waals surface area (Å²) in [5, 5.41) is 22.8. The normalized spacial score (nSPS) is 11.8. The Bertz CT molecular complexity index is 320. The van der Waals surface area contributed by atoms with Crippen molar-refractivity contribution in [2.24, 2.45) is 10.8 Å². The maximum absolute atomic E-state index is 11.4. The molecule has 0 bridgehead atoms. The van der Waals surface area contributed by atoms with E-state index in [1.165, 1.54) is 25.7 Å². The van der Waals surface area contributed by atoms with Crippen LogP contribution in [0.4, 0.5) is 0 Å². The minimum Gasteiger partial charge on any atom is -0.549 e. The summed E-state index contributed by atoms with van der Waals surface area (Å²) in [4.78, 5) is 22.8. The van der Waals surface area contributed by atoms with E-state index in [9.17, 15) is 19.8 Å². The number of hydrogen-bond acceptors (Lipinski definition) is 4. The molecule has 0 aromatic heterocycles. The molecule has 124 valence electrons. The van der Waals surface area contributed by atoms with E-state index >= 15 is 0 Å². The summed E-state index contributed by atoms with van der Waals surface area (Å²) in [6, 6.07) is 0. The Labute approximate surface area is 175 Å². The molecule has 0 aliphatic heterocycles. The van der Waals surface area contributed by atoms with Gasteiger partial charge in [-0.1, -0.05) is 79.1 Å². The van der Waals surface area contributed by atoms with Gasteiger partial charge in [-0.3, -0.25) is 0 Å². The van der Waals surface area contributed by atoms with E-state index in [1.54, 1.807) is 20.8 Å². The Morgan fingerprint density at radius 1 is 0.773 bits per heavy atom. The fourth-order valence-corrected chi connectivity index (χ4v) is 2.80. The van der Waals surface area contributed by atoms with Crippen molar-refractivity contribution in [2.45, 2.75) is 85.5 Å². The molecule has 0 atom stereocenters. The predicted molar refractivity (Wildman–Crippen MR) is 84.9 cm³/mol. The van der Waals surface area contributed by atoms with Gasteiger partial charge in [0.05, 0.1) is 17.4 Å². The molecular weight excluding hydrogens is 406 g/mol. The van der Waals surface area contributed by atoms with Gasteiger partial charge in [-0.15, -0.1) is 0 Å². The second kappa shape index (κ2) is 12.0. The van der Waals surface area contributed by atoms with Gasteiger partial charge in [0.2, 0.25) is 0 Å². The van der Waals surface area contributed by atoms with Crippen molar-refractivity contribution in [3.63, 3.8) is 0 Å². The molecule has 0 unspecified atom stereocenters. The molecular formula is C17H30BaO4. The number of aliphatic carboxylic acids is 2. The van der Waals surface area contributed by atoms with Crippen LogP contribution in [0, 0.1) is 10.8 Å². The standard InChI is InChI=1S/C17H32O4.Ba/c1-5-6-7-8-9-10-11-12-13-17(14(18)19,15(20)21)16(2,3)4;/h5-13H2,1-4H3,(H,18,19)(H,20,21);/q;+2/p-2. The van der Waals surface area contributed by atoms with Crippen molar-refractivity contribution in [1.29, 1.82) is 0 Å². The summed E-state index contributed by atoms with van der Waals surface area (Å²) >= 11 is 0. The Hall–Kier alpha value is 0.511. The molecule has 0 amide bonds. The van der Waals surface area contributed by atoms with Crippen LogP contribution in [0.2, 0.25) is 0 Å². The van der Waals surface area contributed by atoms with Gasteiger partial charge in [0.15, 0.2) is 0 Å². The first-order chi connectivity index (χ1) is 9.70. The smallest absolute Gasteiger partial charge is 0.549 e. The molecule has 0 rings (SSSR count). The number of rotatable bonds is 11. The topological polar surface area (TPSA) is 80.3 Å². The largest absolute Gasteiger partial charge is 2.00 e. The fourth-order valence-electron chi connectivity index (χ4n) is 2.80. The quantitative estimate of drug-likeness (QED) is 0.281. The van der Waals surface area contributed by atoms with Gasteiger partial charge in [0.25, 0.3) is 0 Å². The van der Waals surface area contributed by atoms with E-state index in [0.717, 1.165) is 19.3 Å². The van der Waals surface area contributed by atoms with Gasteiger partial charge >= 0.3 is 48.9 Å². The molecule has 22 heavy (non-hydrogen) atoms. The molecule has 4 nitrogen and oxygen atoms in total. The van der Waals surface area contributed by atoms with Gasteiger partial charge in [-0.25, -0.2) is 0 Å². The Morgan fingerprint density at radius 3 is 1.45 bits per heavy atom. The van der Waals surface area contributed by atoms with Crippen LogP contribution in [-0.2, 0) is 9.59 Å². The van der Waals surface area contributed by atoms with Crippen LogP contribution >= 0.6 is 0 Å². The maximum Gasteiger partial charge on any atom is 2.00 e. The third-order valence-electron chi connectivity index (χ3n) is 4.38. The monoisotopic (exact) mass is 436 g/mol. The first kappa shape index (κ1) is 24.8. The zero-order valence-corrected chi connectivity index (χ0v) is 19.1. The second-order valence-electron chi connectivity index (χ2n) is 6.96. The third-order valence-corrected chi connectivity index (χ3v) is 4.38. The molecule has 0 aromatic carbocycles. The van der Waals surface area contributed by atoms with E-state index in [2.05, 4.69) is 6.92 Å². The number of carbonyl (C=O) groups is 2. The zero-order valence-electron chi connectivity index (χ0n) is 14.7. The van der Waals surface area contributed by atoms with Crippen molar-refractivity contribution in [3.05, 3.63) is 0 Å². The molecule has 0 aliphatic carbocycles. The molecule has 0 aromatic rings. The van der Waals surface area contributed by atoms with Crippen molar-refractivity contribution in [3.8, 4) is 0 Å². The van der Waals surface area contributed by atoms with Gasteiger partial charge in [-0.05, 0) is 11.8 Å². The SMILES string of the molecule is CCCCCCCCCCC(C(=O)[O-])(C(=O)[O-])C(C)(C)C.[Ba+2]. The molecule has 0 heterocycles. The third kappa shape index (κ3) is 7.39. The van der Waals surface area contributed by atoms with E-state index in [1.807, 2.05) is 0 Å². The van der Waals surface area contributed by atoms with Crippen LogP contribution in [-0.4, -0.2) is 60.8 Å². The van der Waals surface area contributed by atoms with Crippen molar-refractivity contribution in [2.75, 3.05) is 0 Å². The Morgan fingerprint density at radius 2 is 1.14 bits per heavy atom. The van der Waals surface area contributed by atoms with Gasteiger partial charge in [0, 0.05) is 0 Å². The average Bonchev–Trinajstić information content (AvgIpc) is 2.34. The molecule has 0 fully saturated rings. The molecule has 5 heteroatoms. The van der Waals surface area contributed by atoms with Crippen LogP contribution in [0.25, 0.3) is 0 Å². The Balaban J connectivity index is 0. The van der Waals surface area contributed by atoms with Gasteiger partial charge < -0.3 is 19.8 Å². The van der Waals surface area contributed by atoms with Crippen molar-refractivity contribution in [1.82, 2.24) is 0 Å². The molecule has 0 spiro atoms. The van der Waals surface area contributed by atoms with E-state index in [0.29, 0.717) is 6.42 Å². The summed E-state index contributed by atoms with van der Waals surface area (Å²) in [6.45, 7) is 7.02. The van der Waals surface area contributed by atoms with Crippen LogP contribution in [0.15, 0.2) is 0 Å². The molecule has 0 saturated heterocycles. The van der Waals surface area contributed by atoms with E-state index < -0.39 is 22.8 Å². The first-order valence-corrected chi connectivity index (χ1v) is 8.13. The number of carboxylic acids is 2. The number of carbonyl (C=O) groups excluding carboxylic acids is 2. The first-order valence-electron chi connectivity index (χ1n) is 8.13. The maximum atomic E-state index is 11.4. The van der Waals surface area contributed by atoms with Gasteiger partial charge in [-0.2, -0.15) is 0 Å². The molecule has 0 aliphatic rings. The summed E-state index contributed by atoms with van der Waals surface area (Å²) in [6.07, 6.45) is 8.55. The molecule has 0 saturated carbocycles. The average molecular weight is 436 g/mol. The van der Waals surface area contributed by atoms with Crippen molar-refractivity contribution < 1.29 is 19.8 Å². The number of carboxylic acid groups (broad SMARTS) is 2. The predicted octanol–water partition coefficient (Wildman–Crippen LogP) is 1.67. The summed E-state index contributed by atoms with van der Waals surface area (Å²) in [7, 11) is 0. The van der Waals surface area contributed by atoms with Crippen LogP contribution < -0.4 is 10.2 Å². The van der Waals surface area contributed by atoms with E-state index in [-0.39, 0.29) is 55.3 Å². The van der Waals surface area contributed by atoms with Crippen LogP contribution in [0.5, 0.6) is 0 Å². The molecule has 0 radical (unpaired) electrons. The zero-order chi connectivity index (χ0) is 16.5. The van der Waals surface area contributed by atoms with Gasteiger partial charge in [0.1, 0.15) is 0 Å². The summed E-state index contributed by atoms with van der Waals surface area (Å²) < 4.78 is 0. The number of hydrogen-bond donors (Lipinski definition) is 0. The van der Waals surface area contributed by atoms with Crippen molar-refractivity contribution >= 4 is 60.8 Å². The summed E-state index contributed by atoms with van der Waals surface area (Å²) in [5.74, 6) is -3.06. The van der Waals surface area contributed by atoms with Crippen LogP contribution in [0.3, 0.4) is 0 Å². The Kier molecular flexibility index (Phi) is 13.5. The van der Waals surface area contributed by atoms with Crippen LogP contribution in [0.1, 0.15) is 85.5 Å². The minimum absolute atomic E-state index is 0. The molecule has 0 N–H and O–H groups in total. The fraction of sp³-hybridized carbons (Fsp3) is 0.882. The number of unbranched alkanes of at least 4 members (excludes halogenated alkanes) is 7. The summed E-state index contributed by atoms with van der Waals surface area (Å²) in [5.41, 5.74) is -2.83. The minimum atomic E-state index is -1.91.